The quantitative estimate of drug-likeness (QED) is 0.552. The molecule has 5 heteroatoms. The van der Waals surface area contributed by atoms with Crippen LogP contribution in [0, 0.1) is 24.7 Å². The van der Waals surface area contributed by atoms with Crippen molar-refractivity contribution in [3.63, 3.8) is 0 Å². The van der Waals surface area contributed by atoms with Crippen molar-refractivity contribution in [2.24, 2.45) is 0 Å². The lowest BCUT2D eigenvalue weighted by Crippen LogP contribution is -2.38. The van der Waals surface area contributed by atoms with Crippen LogP contribution in [0.5, 0.6) is 11.5 Å². The summed E-state index contributed by atoms with van der Waals surface area (Å²) in [4.78, 5) is 12.6. The highest BCUT2D eigenvalue weighted by molar-refractivity contribution is 5.80. The Morgan fingerprint density at radius 1 is 1.00 bits per heavy atom. The zero-order valence-electron chi connectivity index (χ0n) is 17.2. The number of methoxy groups -OCH3 is 1. The maximum absolute atomic E-state index is 12.6. The van der Waals surface area contributed by atoms with E-state index in [1.807, 2.05) is 48.5 Å². The van der Waals surface area contributed by atoms with Gasteiger partial charge in [-0.05, 0) is 42.5 Å². The van der Waals surface area contributed by atoms with Crippen molar-refractivity contribution in [1.82, 2.24) is 5.32 Å². The second-order valence-corrected chi connectivity index (χ2v) is 6.55. The summed E-state index contributed by atoms with van der Waals surface area (Å²) in [6.07, 6.45) is 11.9. The normalized spacial score (nSPS) is 11.0. The number of carbonyl (C=O) groups is 1. The predicted molar refractivity (Wildman–Crippen MR) is 117 cm³/mol. The van der Waals surface area contributed by atoms with Gasteiger partial charge in [-0.2, -0.15) is 0 Å². The van der Waals surface area contributed by atoms with Crippen LogP contribution < -0.4 is 14.8 Å². The molecule has 0 aliphatic heterocycles. The van der Waals surface area contributed by atoms with Crippen molar-refractivity contribution in [3.05, 3.63) is 59.7 Å². The number of terminal acetylenes is 2. The van der Waals surface area contributed by atoms with Gasteiger partial charge in [-0.1, -0.05) is 48.2 Å². The molecule has 0 radical (unpaired) electrons. The van der Waals surface area contributed by atoms with Gasteiger partial charge in [0.15, 0.2) is 11.5 Å². The first kappa shape index (κ1) is 22.9. The van der Waals surface area contributed by atoms with Crippen LogP contribution >= 0.6 is 0 Å². The van der Waals surface area contributed by atoms with E-state index in [1.54, 1.807) is 7.11 Å². The average molecular weight is 405 g/mol. The Balaban J connectivity index is 1.88. The first-order valence-corrected chi connectivity index (χ1v) is 9.77. The van der Waals surface area contributed by atoms with Crippen LogP contribution in [0.3, 0.4) is 0 Å². The number of hydrogen-bond donors (Lipinski definition) is 1. The smallest absolute Gasteiger partial charge is 0.249 e. The number of aryl methyl sites for hydroxylation is 1. The number of hydrogen-bond acceptors (Lipinski definition) is 4. The van der Waals surface area contributed by atoms with Gasteiger partial charge in [0.1, 0.15) is 19.3 Å². The van der Waals surface area contributed by atoms with Crippen LogP contribution in [0.4, 0.5) is 0 Å². The van der Waals surface area contributed by atoms with Crippen LogP contribution in [0.1, 0.15) is 17.5 Å². The fourth-order valence-electron chi connectivity index (χ4n) is 2.93. The Hall–Kier alpha value is -3.41. The molecule has 0 bridgehead atoms. The van der Waals surface area contributed by atoms with Gasteiger partial charge in [-0.3, -0.25) is 4.79 Å². The fraction of sp³-hybridized carbons (Fsp3) is 0.320. The standard InChI is InChI=1S/C25H27NO4/c1-4-17-29-22-13-12-21(19-24(22)28-3)15-16-26-25(27)23(30-18-5-2)14-11-20-9-7-6-8-10-20/h1-2,6-10,12-13,19,23H,11,14-18H2,3H3,(H,26,27)/t23-/m1/s1. The summed E-state index contributed by atoms with van der Waals surface area (Å²) in [7, 11) is 1.57. The van der Waals surface area contributed by atoms with Gasteiger partial charge < -0.3 is 19.5 Å². The number of carbonyl (C=O) groups excluding carboxylic acids is 1. The van der Waals surface area contributed by atoms with E-state index in [0.717, 1.165) is 17.5 Å². The largest absolute Gasteiger partial charge is 0.493 e. The number of amides is 1. The molecule has 0 unspecified atom stereocenters. The molecular weight excluding hydrogens is 378 g/mol. The minimum absolute atomic E-state index is 0.100. The number of rotatable bonds is 12. The summed E-state index contributed by atoms with van der Waals surface area (Å²) < 4.78 is 16.4. The monoisotopic (exact) mass is 405 g/mol. The average Bonchev–Trinajstić information content (AvgIpc) is 2.78. The molecule has 2 aromatic rings. The molecule has 2 aromatic carbocycles. The lowest BCUT2D eigenvalue weighted by molar-refractivity contribution is -0.132. The molecule has 5 nitrogen and oxygen atoms in total. The van der Waals surface area contributed by atoms with Gasteiger partial charge in [0.05, 0.1) is 7.11 Å². The molecule has 30 heavy (non-hydrogen) atoms. The van der Waals surface area contributed by atoms with E-state index in [4.69, 9.17) is 27.1 Å². The zero-order valence-corrected chi connectivity index (χ0v) is 17.2. The topological polar surface area (TPSA) is 56.8 Å². The SMILES string of the molecule is C#CCOc1ccc(CCNC(=O)[C@@H](CCc2ccccc2)OCC#C)cc1OC. The van der Waals surface area contributed by atoms with Gasteiger partial charge in [0, 0.05) is 6.54 Å². The van der Waals surface area contributed by atoms with E-state index in [-0.39, 0.29) is 19.1 Å². The fourth-order valence-corrected chi connectivity index (χ4v) is 2.93. The third-order valence-corrected chi connectivity index (χ3v) is 4.45. The second kappa shape index (κ2) is 12.9. The van der Waals surface area contributed by atoms with E-state index in [9.17, 15) is 4.79 Å². The van der Waals surface area contributed by atoms with Gasteiger partial charge in [0.25, 0.3) is 0 Å². The molecule has 2 rings (SSSR count). The minimum Gasteiger partial charge on any atom is -0.493 e. The Labute approximate surface area is 178 Å². The molecule has 156 valence electrons. The first-order valence-electron chi connectivity index (χ1n) is 9.77. The molecule has 1 atom stereocenters. The molecule has 1 amide bonds. The Bertz CT molecular complexity index is 880. The third-order valence-electron chi connectivity index (χ3n) is 4.45. The van der Waals surface area contributed by atoms with E-state index < -0.39 is 6.10 Å². The maximum atomic E-state index is 12.6. The molecule has 0 aliphatic rings. The molecule has 0 aliphatic carbocycles. The molecule has 0 spiro atoms. The summed E-state index contributed by atoms with van der Waals surface area (Å²) in [5.74, 6) is 5.88. The van der Waals surface area contributed by atoms with E-state index >= 15 is 0 Å². The highest BCUT2D eigenvalue weighted by atomic mass is 16.5. The number of ether oxygens (including phenoxy) is 3. The van der Waals surface area contributed by atoms with E-state index in [1.165, 1.54) is 0 Å². The van der Waals surface area contributed by atoms with Gasteiger partial charge in [0.2, 0.25) is 5.91 Å². The van der Waals surface area contributed by atoms with Crippen LogP contribution in [-0.4, -0.2) is 38.9 Å². The van der Waals surface area contributed by atoms with Gasteiger partial charge >= 0.3 is 0 Å². The predicted octanol–water partition coefficient (Wildman–Crippen LogP) is 3.02. The number of nitrogens with one attached hydrogen (secondary N) is 1. The molecule has 0 fully saturated rings. The highest BCUT2D eigenvalue weighted by Gasteiger charge is 2.18. The molecule has 0 heterocycles. The van der Waals surface area contributed by atoms with Crippen molar-refractivity contribution in [1.29, 1.82) is 0 Å². The molecule has 0 saturated carbocycles. The molecule has 0 aromatic heterocycles. The van der Waals surface area contributed by atoms with Gasteiger partial charge in [-0.25, -0.2) is 0 Å². The lowest BCUT2D eigenvalue weighted by Gasteiger charge is -2.17. The summed E-state index contributed by atoms with van der Waals surface area (Å²) in [6, 6.07) is 15.6. The second-order valence-electron chi connectivity index (χ2n) is 6.55. The Kier molecular flexibility index (Phi) is 9.86. The minimum atomic E-state index is -0.588. The lowest BCUT2D eigenvalue weighted by atomic mass is 10.1. The van der Waals surface area contributed by atoms with Gasteiger partial charge in [-0.15, -0.1) is 12.8 Å². The van der Waals surface area contributed by atoms with Crippen molar-refractivity contribution >= 4 is 5.91 Å². The van der Waals surface area contributed by atoms with Crippen LogP contribution in [0.2, 0.25) is 0 Å². The Morgan fingerprint density at radius 2 is 1.77 bits per heavy atom. The summed E-state index contributed by atoms with van der Waals surface area (Å²) >= 11 is 0. The summed E-state index contributed by atoms with van der Waals surface area (Å²) in [5.41, 5.74) is 2.16. The third kappa shape index (κ3) is 7.54. The van der Waals surface area contributed by atoms with Crippen LogP contribution in [0.25, 0.3) is 0 Å². The van der Waals surface area contributed by atoms with Crippen LogP contribution in [-0.2, 0) is 22.4 Å². The van der Waals surface area contributed by atoms with Crippen molar-refractivity contribution in [2.45, 2.75) is 25.4 Å². The molecule has 0 saturated heterocycles. The summed E-state index contributed by atoms with van der Waals surface area (Å²) in [6.45, 7) is 0.741. The Morgan fingerprint density at radius 3 is 2.47 bits per heavy atom. The van der Waals surface area contributed by atoms with Crippen LogP contribution in [0.15, 0.2) is 48.5 Å². The van der Waals surface area contributed by atoms with Crippen molar-refractivity contribution < 1.29 is 19.0 Å². The maximum Gasteiger partial charge on any atom is 0.249 e. The highest BCUT2D eigenvalue weighted by Crippen LogP contribution is 2.28. The summed E-state index contributed by atoms with van der Waals surface area (Å²) in [5, 5.41) is 2.93. The molecule has 1 N–H and O–H groups in total. The van der Waals surface area contributed by atoms with Crippen molar-refractivity contribution in [3.8, 4) is 36.2 Å². The number of benzene rings is 2. The molecular formula is C25H27NO4. The first-order chi connectivity index (χ1) is 14.7. The van der Waals surface area contributed by atoms with E-state index in [0.29, 0.717) is 30.9 Å². The van der Waals surface area contributed by atoms with E-state index in [2.05, 4.69) is 17.2 Å². The zero-order chi connectivity index (χ0) is 21.6. The van der Waals surface area contributed by atoms with Crippen molar-refractivity contribution in [2.75, 3.05) is 26.9 Å².